The summed E-state index contributed by atoms with van der Waals surface area (Å²) in [7, 11) is 0. The van der Waals surface area contributed by atoms with Crippen LogP contribution in [0.3, 0.4) is 0 Å². The van der Waals surface area contributed by atoms with Gasteiger partial charge in [-0.25, -0.2) is 0 Å². The van der Waals surface area contributed by atoms with Crippen molar-refractivity contribution in [3.8, 4) is 0 Å². The molecule has 0 radical (unpaired) electrons. The van der Waals surface area contributed by atoms with Gasteiger partial charge >= 0.3 is 0 Å². The van der Waals surface area contributed by atoms with Crippen LogP contribution in [-0.2, 0) is 9.47 Å². The molecule has 4 heteroatoms. The van der Waals surface area contributed by atoms with Gasteiger partial charge in [-0.3, -0.25) is 4.90 Å². The SMILES string of the molecule is OC1(OCCN2CCOCC2)C=CC(c2ccccc2)=CC1. The quantitative estimate of drug-likeness (QED) is 0.846. The van der Waals surface area contributed by atoms with Crippen LogP contribution in [0.1, 0.15) is 12.0 Å². The molecule has 1 N–H and O–H groups in total. The Morgan fingerprint density at radius 2 is 1.95 bits per heavy atom. The molecule has 1 saturated heterocycles. The first-order chi connectivity index (χ1) is 10.8. The molecule has 4 nitrogen and oxygen atoms in total. The van der Waals surface area contributed by atoms with Gasteiger partial charge in [-0.15, -0.1) is 0 Å². The van der Waals surface area contributed by atoms with Gasteiger partial charge in [0.2, 0.25) is 0 Å². The van der Waals surface area contributed by atoms with Gasteiger partial charge < -0.3 is 14.6 Å². The van der Waals surface area contributed by atoms with Crippen molar-refractivity contribution in [1.29, 1.82) is 0 Å². The Bertz CT molecular complexity index is 535. The molecule has 0 saturated carbocycles. The maximum Gasteiger partial charge on any atom is 0.189 e. The fraction of sp³-hybridized carbons (Fsp3) is 0.444. The number of nitrogens with zero attached hydrogens (tertiary/aromatic N) is 1. The second kappa shape index (κ2) is 7.20. The van der Waals surface area contributed by atoms with E-state index in [1.54, 1.807) is 6.08 Å². The van der Waals surface area contributed by atoms with E-state index in [1.165, 1.54) is 0 Å². The topological polar surface area (TPSA) is 41.9 Å². The van der Waals surface area contributed by atoms with Crippen molar-refractivity contribution in [3.63, 3.8) is 0 Å². The Balaban J connectivity index is 1.49. The zero-order valence-corrected chi connectivity index (χ0v) is 12.8. The Kier molecular flexibility index (Phi) is 5.05. The fourth-order valence-corrected chi connectivity index (χ4v) is 2.74. The third-order valence-corrected chi connectivity index (χ3v) is 4.11. The number of ether oxygens (including phenoxy) is 2. The van der Waals surface area contributed by atoms with E-state index in [2.05, 4.69) is 17.0 Å². The highest BCUT2D eigenvalue weighted by atomic mass is 16.6. The van der Waals surface area contributed by atoms with E-state index < -0.39 is 5.79 Å². The molecule has 1 fully saturated rings. The Morgan fingerprint density at radius 3 is 2.64 bits per heavy atom. The van der Waals surface area contributed by atoms with E-state index in [1.807, 2.05) is 30.4 Å². The van der Waals surface area contributed by atoms with Gasteiger partial charge in [-0.1, -0.05) is 42.5 Å². The molecule has 22 heavy (non-hydrogen) atoms. The molecule has 0 bridgehead atoms. The summed E-state index contributed by atoms with van der Waals surface area (Å²) in [6.45, 7) is 4.80. The predicted molar refractivity (Wildman–Crippen MR) is 86.3 cm³/mol. The zero-order chi connectivity index (χ0) is 15.3. The standard InChI is InChI=1S/C18H23NO3/c20-18(22-15-12-19-10-13-21-14-11-19)8-6-17(7-9-18)16-4-2-1-3-5-16/h1-8,20H,9-15H2. The average molecular weight is 301 g/mol. The van der Waals surface area contributed by atoms with Crippen LogP contribution in [0.4, 0.5) is 0 Å². The van der Waals surface area contributed by atoms with Crippen molar-refractivity contribution in [2.45, 2.75) is 12.2 Å². The molecule has 0 aromatic heterocycles. The fourth-order valence-electron chi connectivity index (χ4n) is 2.74. The lowest BCUT2D eigenvalue weighted by Gasteiger charge is -2.30. The normalized spacial score (nSPS) is 26.0. The molecule has 0 amide bonds. The largest absolute Gasteiger partial charge is 0.379 e. The summed E-state index contributed by atoms with van der Waals surface area (Å²) in [6.07, 6.45) is 6.21. The molecule has 0 spiro atoms. The van der Waals surface area contributed by atoms with Crippen molar-refractivity contribution >= 4 is 5.57 Å². The monoisotopic (exact) mass is 301 g/mol. The van der Waals surface area contributed by atoms with Gasteiger partial charge in [0.15, 0.2) is 5.79 Å². The van der Waals surface area contributed by atoms with Crippen molar-refractivity contribution in [1.82, 2.24) is 4.90 Å². The Morgan fingerprint density at radius 1 is 1.18 bits per heavy atom. The lowest BCUT2D eigenvalue weighted by molar-refractivity contribution is -0.168. The van der Waals surface area contributed by atoms with Crippen molar-refractivity contribution in [2.24, 2.45) is 0 Å². The maximum atomic E-state index is 10.5. The minimum absolute atomic E-state index is 0.483. The smallest absolute Gasteiger partial charge is 0.189 e. The van der Waals surface area contributed by atoms with Gasteiger partial charge in [0.05, 0.1) is 19.8 Å². The van der Waals surface area contributed by atoms with Crippen LogP contribution in [0.5, 0.6) is 0 Å². The highest BCUT2D eigenvalue weighted by molar-refractivity contribution is 5.75. The van der Waals surface area contributed by atoms with Gasteiger partial charge in [-0.05, 0) is 17.2 Å². The third-order valence-electron chi connectivity index (χ3n) is 4.11. The maximum absolute atomic E-state index is 10.5. The van der Waals surface area contributed by atoms with Crippen molar-refractivity contribution < 1.29 is 14.6 Å². The van der Waals surface area contributed by atoms with Gasteiger partial charge in [0.1, 0.15) is 0 Å². The second-order valence-corrected chi connectivity index (χ2v) is 5.71. The molecular weight excluding hydrogens is 278 g/mol. The van der Waals surface area contributed by atoms with Crippen LogP contribution < -0.4 is 0 Å². The number of rotatable bonds is 5. The third kappa shape index (κ3) is 4.05. The summed E-state index contributed by atoms with van der Waals surface area (Å²) in [5.74, 6) is -1.18. The van der Waals surface area contributed by atoms with Crippen LogP contribution in [0.25, 0.3) is 5.57 Å². The molecule has 1 heterocycles. The number of allylic oxidation sites excluding steroid dienone is 2. The molecule has 1 aliphatic heterocycles. The molecule has 118 valence electrons. The van der Waals surface area contributed by atoms with Crippen LogP contribution in [0.15, 0.2) is 48.6 Å². The zero-order valence-electron chi connectivity index (χ0n) is 12.8. The van der Waals surface area contributed by atoms with Crippen molar-refractivity contribution in [3.05, 3.63) is 54.1 Å². The first-order valence-electron chi connectivity index (χ1n) is 7.86. The van der Waals surface area contributed by atoms with E-state index in [-0.39, 0.29) is 0 Å². The lowest BCUT2D eigenvalue weighted by atomic mass is 9.96. The summed E-state index contributed by atoms with van der Waals surface area (Å²) in [6, 6.07) is 10.2. The first-order valence-corrected chi connectivity index (χ1v) is 7.86. The number of benzene rings is 1. The van der Waals surface area contributed by atoms with E-state index in [0.717, 1.165) is 44.0 Å². The average Bonchev–Trinajstić information content (AvgIpc) is 2.57. The molecular formula is C18H23NO3. The van der Waals surface area contributed by atoms with Crippen LogP contribution in [0, 0.1) is 0 Å². The summed E-state index contributed by atoms with van der Waals surface area (Å²) >= 11 is 0. The van der Waals surface area contributed by atoms with Crippen LogP contribution in [-0.4, -0.2) is 55.2 Å². The van der Waals surface area contributed by atoms with Crippen molar-refractivity contribution in [2.75, 3.05) is 39.5 Å². The van der Waals surface area contributed by atoms with E-state index in [9.17, 15) is 5.11 Å². The summed E-state index contributed by atoms with van der Waals surface area (Å²) in [4.78, 5) is 2.30. The highest BCUT2D eigenvalue weighted by Gasteiger charge is 2.26. The minimum Gasteiger partial charge on any atom is -0.379 e. The van der Waals surface area contributed by atoms with E-state index in [0.29, 0.717) is 13.0 Å². The molecule has 1 unspecified atom stereocenters. The minimum atomic E-state index is -1.18. The molecule has 1 aromatic rings. The Labute approximate surface area is 131 Å². The molecule has 3 rings (SSSR count). The Hall–Kier alpha value is -1.46. The van der Waals surface area contributed by atoms with E-state index >= 15 is 0 Å². The highest BCUT2D eigenvalue weighted by Crippen LogP contribution is 2.27. The van der Waals surface area contributed by atoms with Gasteiger partial charge in [0.25, 0.3) is 0 Å². The molecule has 1 aliphatic carbocycles. The second-order valence-electron chi connectivity index (χ2n) is 5.71. The number of aliphatic hydroxyl groups is 1. The van der Waals surface area contributed by atoms with E-state index in [4.69, 9.17) is 9.47 Å². The number of morpholine rings is 1. The lowest BCUT2D eigenvalue weighted by Crippen LogP contribution is -2.40. The van der Waals surface area contributed by atoms with Gasteiger partial charge in [0, 0.05) is 26.1 Å². The number of hydrogen-bond donors (Lipinski definition) is 1. The first kappa shape index (κ1) is 15.4. The molecule has 2 aliphatic rings. The summed E-state index contributed by atoms with van der Waals surface area (Å²) < 4.78 is 11.0. The summed E-state index contributed by atoms with van der Waals surface area (Å²) in [5.41, 5.74) is 2.29. The number of hydrogen-bond acceptors (Lipinski definition) is 4. The predicted octanol–water partition coefficient (Wildman–Crippen LogP) is 2.07. The van der Waals surface area contributed by atoms with Gasteiger partial charge in [-0.2, -0.15) is 0 Å². The summed E-state index contributed by atoms with van der Waals surface area (Å²) in [5, 5.41) is 10.5. The van der Waals surface area contributed by atoms with Crippen LogP contribution in [0.2, 0.25) is 0 Å². The molecule has 1 atom stereocenters. The van der Waals surface area contributed by atoms with Crippen LogP contribution >= 0.6 is 0 Å². The molecule has 1 aromatic carbocycles.